The molecule has 6 nitrogen and oxygen atoms in total. The molecule has 1 fully saturated rings. The number of nitrogens with zero attached hydrogens (tertiary/aromatic N) is 2. The van der Waals surface area contributed by atoms with Crippen LogP contribution in [-0.4, -0.2) is 41.9 Å². The molecule has 0 spiro atoms. The zero-order valence-electron chi connectivity index (χ0n) is 14.4. The van der Waals surface area contributed by atoms with Crippen molar-refractivity contribution >= 4 is 18.3 Å². The number of aromatic nitrogens is 2. The average molecular weight is 365 g/mol. The number of aryl methyl sites for hydroxylation is 1. The largest absolute Gasteiger partial charge is 0.491 e. The van der Waals surface area contributed by atoms with Gasteiger partial charge in [0, 0.05) is 12.4 Å². The summed E-state index contributed by atoms with van der Waals surface area (Å²) in [6.07, 6.45) is 5.06. The number of nitrogens with one attached hydrogen (secondary N) is 2. The molecule has 0 atom stereocenters. The van der Waals surface area contributed by atoms with Crippen molar-refractivity contribution in [1.29, 1.82) is 0 Å². The molecule has 1 aliphatic heterocycles. The first kappa shape index (κ1) is 19.3. The molecule has 0 saturated carbocycles. The fraction of sp³-hybridized carbons (Fsp3) is 0.444. The van der Waals surface area contributed by atoms with Crippen molar-refractivity contribution in [2.24, 2.45) is 0 Å². The predicted octanol–water partition coefficient (Wildman–Crippen LogP) is 1.89. The molecule has 3 rings (SSSR count). The van der Waals surface area contributed by atoms with Crippen LogP contribution >= 0.6 is 12.4 Å². The van der Waals surface area contributed by atoms with Crippen molar-refractivity contribution in [3.05, 3.63) is 48.3 Å². The molecular formula is C18H25ClN4O2. The number of ether oxygens (including phenoxy) is 1. The number of hydrogen-bond acceptors (Lipinski definition) is 4. The van der Waals surface area contributed by atoms with Crippen molar-refractivity contribution in [2.75, 3.05) is 26.2 Å². The molecule has 136 valence electrons. The van der Waals surface area contributed by atoms with Crippen LogP contribution in [-0.2, 0) is 10.3 Å². The molecule has 1 aromatic heterocycles. The van der Waals surface area contributed by atoms with Crippen LogP contribution in [0.5, 0.6) is 5.75 Å². The van der Waals surface area contributed by atoms with E-state index in [4.69, 9.17) is 4.74 Å². The van der Waals surface area contributed by atoms with Gasteiger partial charge in [-0.05, 0) is 50.6 Å². The molecule has 0 unspecified atom stereocenters. The molecule has 0 bridgehead atoms. The molecule has 25 heavy (non-hydrogen) atoms. The van der Waals surface area contributed by atoms with E-state index in [1.54, 1.807) is 10.9 Å². The molecule has 1 aromatic carbocycles. The molecule has 2 heterocycles. The van der Waals surface area contributed by atoms with Crippen LogP contribution in [0.4, 0.5) is 0 Å². The van der Waals surface area contributed by atoms with Crippen LogP contribution in [0.25, 0.3) is 0 Å². The Labute approximate surface area is 154 Å². The summed E-state index contributed by atoms with van der Waals surface area (Å²) in [7, 11) is 0. The first-order chi connectivity index (χ1) is 11.7. The van der Waals surface area contributed by atoms with Crippen LogP contribution in [0.1, 0.15) is 18.4 Å². The highest BCUT2D eigenvalue weighted by molar-refractivity contribution is 5.85. The first-order valence-electron chi connectivity index (χ1n) is 8.40. The van der Waals surface area contributed by atoms with E-state index in [-0.39, 0.29) is 18.3 Å². The van der Waals surface area contributed by atoms with Crippen LogP contribution < -0.4 is 15.4 Å². The number of para-hydroxylation sites is 1. The molecule has 0 radical (unpaired) electrons. The van der Waals surface area contributed by atoms with Crippen LogP contribution in [0.2, 0.25) is 0 Å². The summed E-state index contributed by atoms with van der Waals surface area (Å²) >= 11 is 0. The van der Waals surface area contributed by atoms with E-state index in [0.717, 1.165) is 37.2 Å². The van der Waals surface area contributed by atoms with Gasteiger partial charge in [0.25, 0.3) is 0 Å². The summed E-state index contributed by atoms with van der Waals surface area (Å²) in [5.74, 6) is 0.872. The van der Waals surface area contributed by atoms with Gasteiger partial charge in [0.2, 0.25) is 5.91 Å². The fourth-order valence-electron chi connectivity index (χ4n) is 3.13. The van der Waals surface area contributed by atoms with Gasteiger partial charge in [0.05, 0.1) is 6.54 Å². The van der Waals surface area contributed by atoms with Crippen LogP contribution in [0, 0.1) is 6.92 Å². The van der Waals surface area contributed by atoms with Crippen molar-refractivity contribution in [3.8, 4) is 5.75 Å². The smallest absolute Gasteiger partial charge is 0.248 e. The van der Waals surface area contributed by atoms with E-state index in [9.17, 15) is 4.79 Å². The summed E-state index contributed by atoms with van der Waals surface area (Å²) in [5, 5.41) is 10.6. The third-order valence-corrected chi connectivity index (χ3v) is 4.54. The molecule has 1 aliphatic rings. The molecule has 2 aromatic rings. The third kappa shape index (κ3) is 4.32. The van der Waals surface area contributed by atoms with Gasteiger partial charge >= 0.3 is 0 Å². The van der Waals surface area contributed by atoms with Gasteiger partial charge in [-0.1, -0.05) is 18.2 Å². The normalized spacial score (nSPS) is 15.9. The summed E-state index contributed by atoms with van der Waals surface area (Å²) < 4.78 is 7.55. The van der Waals surface area contributed by atoms with E-state index in [2.05, 4.69) is 15.7 Å². The number of halogens is 1. The van der Waals surface area contributed by atoms with Crippen molar-refractivity contribution in [2.45, 2.75) is 25.3 Å². The topological polar surface area (TPSA) is 68.2 Å². The Morgan fingerprint density at radius 3 is 2.76 bits per heavy atom. The van der Waals surface area contributed by atoms with Gasteiger partial charge < -0.3 is 15.4 Å². The molecule has 0 aliphatic carbocycles. The molecule has 7 heteroatoms. The number of amides is 1. The van der Waals surface area contributed by atoms with Crippen LogP contribution in [0.3, 0.4) is 0 Å². The number of piperidine rings is 1. The Bertz CT molecular complexity index is 669. The number of rotatable bonds is 6. The lowest BCUT2D eigenvalue weighted by Gasteiger charge is -2.36. The average Bonchev–Trinajstić information content (AvgIpc) is 3.15. The molecule has 1 amide bonds. The first-order valence-corrected chi connectivity index (χ1v) is 8.40. The summed E-state index contributed by atoms with van der Waals surface area (Å²) in [4.78, 5) is 12.8. The van der Waals surface area contributed by atoms with E-state index >= 15 is 0 Å². The maximum atomic E-state index is 12.8. The summed E-state index contributed by atoms with van der Waals surface area (Å²) in [6, 6.07) is 9.74. The van der Waals surface area contributed by atoms with Crippen molar-refractivity contribution in [3.63, 3.8) is 0 Å². The maximum absolute atomic E-state index is 12.8. The fourth-order valence-corrected chi connectivity index (χ4v) is 3.13. The number of carbonyl (C=O) groups is 1. The highest BCUT2D eigenvalue weighted by atomic mass is 35.5. The summed E-state index contributed by atoms with van der Waals surface area (Å²) in [5.41, 5.74) is 0.493. The minimum absolute atomic E-state index is 0. The molecule has 2 N–H and O–H groups in total. The Morgan fingerprint density at radius 2 is 2.08 bits per heavy atom. The van der Waals surface area contributed by atoms with Gasteiger partial charge in [-0.2, -0.15) is 5.10 Å². The van der Waals surface area contributed by atoms with E-state index in [0.29, 0.717) is 13.2 Å². The second-order valence-corrected chi connectivity index (χ2v) is 6.10. The predicted molar refractivity (Wildman–Crippen MR) is 99.2 cm³/mol. The maximum Gasteiger partial charge on any atom is 0.248 e. The SMILES string of the molecule is Cc1ccccc1OCCNC(=O)C1(n2cccn2)CCNCC1.Cl. The van der Waals surface area contributed by atoms with E-state index in [1.807, 2.05) is 43.5 Å². The van der Waals surface area contributed by atoms with E-state index < -0.39 is 5.54 Å². The highest BCUT2D eigenvalue weighted by Gasteiger charge is 2.41. The summed E-state index contributed by atoms with van der Waals surface area (Å²) in [6.45, 7) is 4.56. The number of carbonyl (C=O) groups excluding carboxylic acids is 1. The highest BCUT2D eigenvalue weighted by Crippen LogP contribution is 2.27. The van der Waals surface area contributed by atoms with Crippen LogP contribution in [0.15, 0.2) is 42.7 Å². The quantitative estimate of drug-likeness (QED) is 0.768. The second kappa shape index (κ2) is 8.87. The van der Waals surface area contributed by atoms with Gasteiger partial charge in [-0.15, -0.1) is 12.4 Å². The Balaban J connectivity index is 0.00000225. The van der Waals surface area contributed by atoms with Gasteiger partial charge in [0.1, 0.15) is 17.9 Å². The Kier molecular flexibility index (Phi) is 6.84. The van der Waals surface area contributed by atoms with Crippen molar-refractivity contribution < 1.29 is 9.53 Å². The number of benzene rings is 1. The zero-order chi connectivity index (χ0) is 16.8. The van der Waals surface area contributed by atoms with E-state index in [1.165, 1.54) is 0 Å². The Morgan fingerprint density at radius 1 is 1.32 bits per heavy atom. The number of hydrogen-bond donors (Lipinski definition) is 2. The Hall–Kier alpha value is -2.05. The third-order valence-electron chi connectivity index (χ3n) is 4.54. The van der Waals surface area contributed by atoms with Gasteiger partial charge in [-0.3, -0.25) is 9.48 Å². The van der Waals surface area contributed by atoms with Crippen molar-refractivity contribution in [1.82, 2.24) is 20.4 Å². The van der Waals surface area contributed by atoms with Gasteiger partial charge in [-0.25, -0.2) is 0 Å². The standard InChI is InChI=1S/C18H24N4O2.ClH/c1-15-5-2-3-6-16(15)24-14-12-20-17(23)18(7-10-19-11-8-18)22-13-4-9-21-22;/h2-6,9,13,19H,7-8,10-12,14H2,1H3,(H,20,23);1H. The molecule has 1 saturated heterocycles. The zero-order valence-corrected chi connectivity index (χ0v) is 15.2. The second-order valence-electron chi connectivity index (χ2n) is 6.10. The minimum atomic E-state index is -0.600. The van der Waals surface area contributed by atoms with Gasteiger partial charge in [0.15, 0.2) is 0 Å². The monoisotopic (exact) mass is 364 g/mol. The lowest BCUT2D eigenvalue weighted by Crippen LogP contribution is -2.55. The molecular weight excluding hydrogens is 340 g/mol. The lowest BCUT2D eigenvalue weighted by molar-refractivity contribution is -0.132. The minimum Gasteiger partial charge on any atom is -0.491 e. The lowest BCUT2D eigenvalue weighted by atomic mass is 9.87.